The van der Waals surface area contributed by atoms with Gasteiger partial charge in [0.05, 0.1) is 28.2 Å². The third-order valence-electron chi connectivity index (χ3n) is 3.62. The largest absolute Gasteiger partial charge is 0.325 e. The lowest BCUT2D eigenvalue weighted by Gasteiger charge is -2.07. The SMILES string of the molecule is CCC(=O)n1ncc2c(NC(=O)CSc3ccccc3Cl)cccc21. The zero-order chi connectivity index (χ0) is 17.8. The fourth-order valence-electron chi connectivity index (χ4n) is 2.40. The zero-order valence-corrected chi connectivity index (χ0v) is 15.1. The van der Waals surface area contributed by atoms with Gasteiger partial charge in [-0.05, 0) is 24.3 Å². The van der Waals surface area contributed by atoms with Crippen molar-refractivity contribution >= 4 is 51.8 Å². The highest BCUT2D eigenvalue weighted by molar-refractivity contribution is 8.00. The molecule has 7 heteroatoms. The molecule has 0 saturated heterocycles. The van der Waals surface area contributed by atoms with Gasteiger partial charge >= 0.3 is 0 Å². The molecule has 0 spiro atoms. The van der Waals surface area contributed by atoms with Gasteiger partial charge in [-0.2, -0.15) is 5.10 Å². The molecule has 0 atom stereocenters. The van der Waals surface area contributed by atoms with E-state index in [9.17, 15) is 9.59 Å². The number of anilines is 1. The Morgan fingerprint density at radius 2 is 2.00 bits per heavy atom. The van der Waals surface area contributed by atoms with E-state index in [0.717, 1.165) is 10.3 Å². The molecule has 3 aromatic rings. The number of benzene rings is 2. The van der Waals surface area contributed by atoms with Crippen LogP contribution in [-0.2, 0) is 4.79 Å². The molecule has 0 bridgehead atoms. The molecule has 3 rings (SSSR count). The van der Waals surface area contributed by atoms with Gasteiger partial charge in [-0.15, -0.1) is 11.8 Å². The third-order valence-corrected chi connectivity index (χ3v) is 5.14. The normalized spacial score (nSPS) is 10.8. The zero-order valence-electron chi connectivity index (χ0n) is 13.5. The fourth-order valence-corrected chi connectivity index (χ4v) is 3.44. The molecule has 5 nitrogen and oxygen atoms in total. The summed E-state index contributed by atoms with van der Waals surface area (Å²) in [7, 11) is 0. The van der Waals surface area contributed by atoms with Crippen LogP contribution in [0.15, 0.2) is 53.6 Å². The lowest BCUT2D eigenvalue weighted by Crippen LogP contribution is -2.14. The summed E-state index contributed by atoms with van der Waals surface area (Å²) in [5.41, 5.74) is 1.32. The van der Waals surface area contributed by atoms with Gasteiger partial charge < -0.3 is 5.32 Å². The minimum atomic E-state index is -0.146. The lowest BCUT2D eigenvalue weighted by atomic mass is 10.2. The average Bonchev–Trinajstić information content (AvgIpc) is 3.05. The number of amides is 1. The second kappa shape index (κ2) is 7.72. The number of rotatable bonds is 5. The van der Waals surface area contributed by atoms with E-state index in [0.29, 0.717) is 22.6 Å². The van der Waals surface area contributed by atoms with Crippen molar-refractivity contribution in [3.63, 3.8) is 0 Å². The lowest BCUT2D eigenvalue weighted by molar-refractivity contribution is -0.113. The maximum atomic E-state index is 12.3. The number of halogens is 1. The van der Waals surface area contributed by atoms with Gasteiger partial charge in [-0.25, -0.2) is 4.68 Å². The number of nitrogens with zero attached hydrogens (tertiary/aromatic N) is 2. The van der Waals surface area contributed by atoms with Gasteiger partial charge in [0.1, 0.15) is 0 Å². The Morgan fingerprint density at radius 1 is 1.20 bits per heavy atom. The Kier molecular flexibility index (Phi) is 5.40. The number of fused-ring (bicyclic) bond motifs is 1. The quantitative estimate of drug-likeness (QED) is 0.670. The number of aromatic nitrogens is 2. The fraction of sp³-hybridized carbons (Fsp3) is 0.167. The highest BCUT2D eigenvalue weighted by atomic mass is 35.5. The Hall–Kier alpha value is -2.31. The van der Waals surface area contributed by atoms with Crippen molar-refractivity contribution in [2.24, 2.45) is 0 Å². The molecular formula is C18H16ClN3O2S. The van der Waals surface area contributed by atoms with Crippen LogP contribution in [0.3, 0.4) is 0 Å². The highest BCUT2D eigenvalue weighted by Crippen LogP contribution is 2.27. The van der Waals surface area contributed by atoms with Gasteiger partial charge in [-0.1, -0.05) is 36.7 Å². The summed E-state index contributed by atoms with van der Waals surface area (Å²) >= 11 is 7.47. The van der Waals surface area contributed by atoms with E-state index in [4.69, 9.17) is 11.6 Å². The van der Waals surface area contributed by atoms with Crippen molar-refractivity contribution in [2.75, 3.05) is 11.1 Å². The maximum absolute atomic E-state index is 12.3. The van der Waals surface area contributed by atoms with Crippen molar-refractivity contribution in [3.05, 3.63) is 53.7 Å². The summed E-state index contributed by atoms with van der Waals surface area (Å²) in [5, 5.41) is 8.37. The molecule has 0 saturated carbocycles. The first-order valence-electron chi connectivity index (χ1n) is 7.77. The molecule has 1 heterocycles. The minimum Gasteiger partial charge on any atom is -0.325 e. The van der Waals surface area contributed by atoms with Crippen molar-refractivity contribution in [3.8, 4) is 0 Å². The smallest absolute Gasteiger partial charge is 0.247 e. The summed E-state index contributed by atoms with van der Waals surface area (Å²) in [4.78, 5) is 25.0. The number of hydrogen-bond acceptors (Lipinski definition) is 4. The Morgan fingerprint density at radius 3 is 2.76 bits per heavy atom. The molecular weight excluding hydrogens is 358 g/mol. The summed E-state index contributed by atoms with van der Waals surface area (Å²) in [6, 6.07) is 12.8. The standard InChI is InChI=1S/C18H16ClN3O2S/c1-2-18(24)22-15-8-5-7-14(12(15)10-20-22)21-17(23)11-25-16-9-4-3-6-13(16)19/h3-10H,2,11H2,1H3,(H,21,23). The van der Waals surface area contributed by atoms with Crippen LogP contribution in [0.25, 0.3) is 10.9 Å². The van der Waals surface area contributed by atoms with Crippen LogP contribution in [0.4, 0.5) is 5.69 Å². The minimum absolute atomic E-state index is 0.0900. The molecule has 1 N–H and O–H groups in total. The Bertz CT molecular complexity index is 939. The monoisotopic (exact) mass is 373 g/mol. The average molecular weight is 374 g/mol. The first-order valence-corrected chi connectivity index (χ1v) is 9.13. The van der Waals surface area contributed by atoms with Crippen LogP contribution in [0.5, 0.6) is 0 Å². The van der Waals surface area contributed by atoms with E-state index in [1.165, 1.54) is 16.4 Å². The van der Waals surface area contributed by atoms with Crippen LogP contribution in [0, 0.1) is 0 Å². The predicted molar refractivity (Wildman–Crippen MR) is 101 cm³/mol. The first-order chi connectivity index (χ1) is 12.1. The molecule has 0 radical (unpaired) electrons. The Labute approximate surface area is 154 Å². The molecule has 1 aromatic heterocycles. The van der Waals surface area contributed by atoms with Gasteiger partial charge in [0.2, 0.25) is 11.8 Å². The van der Waals surface area contributed by atoms with Crippen LogP contribution in [-0.4, -0.2) is 27.3 Å². The predicted octanol–water partition coefficient (Wildman–Crippen LogP) is 4.47. The number of hydrogen-bond donors (Lipinski definition) is 1. The van der Waals surface area contributed by atoms with E-state index in [1.54, 1.807) is 31.3 Å². The molecule has 2 aromatic carbocycles. The van der Waals surface area contributed by atoms with Crippen LogP contribution >= 0.6 is 23.4 Å². The highest BCUT2D eigenvalue weighted by Gasteiger charge is 2.13. The van der Waals surface area contributed by atoms with Gasteiger partial charge in [0.15, 0.2) is 0 Å². The van der Waals surface area contributed by atoms with Crippen molar-refractivity contribution in [2.45, 2.75) is 18.2 Å². The summed E-state index contributed by atoms with van der Waals surface area (Å²) in [5.74, 6) is 0.00189. The molecule has 0 unspecified atom stereocenters. The molecule has 0 aliphatic heterocycles. The van der Waals surface area contributed by atoms with Crippen LogP contribution < -0.4 is 5.32 Å². The second-order valence-corrected chi connectivity index (χ2v) is 6.73. The van der Waals surface area contributed by atoms with Gasteiger partial charge in [-0.3, -0.25) is 9.59 Å². The molecule has 0 aliphatic carbocycles. The van der Waals surface area contributed by atoms with Crippen molar-refractivity contribution < 1.29 is 9.59 Å². The van der Waals surface area contributed by atoms with Crippen LogP contribution in [0.2, 0.25) is 5.02 Å². The van der Waals surface area contributed by atoms with E-state index in [-0.39, 0.29) is 17.6 Å². The van der Waals surface area contributed by atoms with Crippen molar-refractivity contribution in [1.29, 1.82) is 0 Å². The molecule has 25 heavy (non-hydrogen) atoms. The van der Waals surface area contributed by atoms with E-state index in [1.807, 2.05) is 24.3 Å². The molecule has 1 amide bonds. The topological polar surface area (TPSA) is 64.0 Å². The summed E-state index contributed by atoms with van der Waals surface area (Å²) < 4.78 is 1.36. The number of carbonyl (C=O) groups excluding carboxylic acids is 2. The molecule has 128 valence electrons. The molecule has 0 fully saturated rings. The second-order valence-electron chi connectivity index (χ2n) is 5.31. The number of thioether (sulfide) groups is 1. The molecule has 0 aliphatic rings. The summed E-state index contributed by atoms with van der Waals surface area (Å²) in [6.07, 6.45) is 1.96. The number of carbonyl (C=O) groups is 2. The Balaban J connectivity index is 1.74. The third kappa shape index (κ3) is 3.86. The first kappa shape index (κ1) is 17.5. The number of nitrogens with one attached hydrogen (secondary N) is 1. The maximum Gasteiger partial charge on any atom is 0.247 e. The van der Waals surface area contributed by atoms with Crippen LogP contribution in [0.1, 0.15) is 18.1 Å². The van der Waals surface area contributed by atoms with Crippen molar-refractivity contribution in [1.82, 2.24) is 9.78 Å². The van der Waals surface area contributed by atoms with Gasteiger partial charge in [0.25, 0.3) is 0 Å². The van der Waals surface area contributed by atoms with E-state index < -0.39 is 0 Å². The van der Waals surface area contributed by atoms with E-state index in [2.05, 4.69) is 10.4 Å². The van der Waals surface area contributed by atoms with Gasteiger partial charge in [0, 0.05) is 16.7 Å². The summed E-state index contributed by atoms with van der Waals surface area (Å²) in [6.45, 7) is 1.79. The van der Waals surface area contributed by atoms with E-state index >= 15 is 0 Å².